The number of hydrogen-bond acceptors (Lipinski definition) is 6. The zero-order valence-corrected chi connectivity index (χ0v) is 16.3. The first-order valence-corrected chi connectivity index (χ1v) is 9.77. The number of nitrogens with one attached hydrogen (secondary N) is 3. The summed E-state index contributed by atoms with van der Waals surface area (Å²) in [5.74, 6) is -0.0174. The summed E-state index contributed by atoms with van der Waals surface area (Å²) in [6.07, 6.45) is 0.619. The van der Waals surface area contributed by atoms with Crippen molar-refractivity contribution in [3.8, 4) is 11.5 Å². The Bertz CT molecular complexity index is 780. The molecule has 0 aliphatic carbocycles. The number of amides is 3. The Morgan fingerprint density at radius 3 is 2.39 bits per heavy atom. The molecule has 0 fully saturated rings. The quantitative estimate of drug-likeness (QED) is 0.413. The van der Waals surface area contributed by atoms with E-state index in [1.807, 2.05) is 12.3 Å². The standard InChI is InChI=1S/C19H23N3O5S/c1-2-26-15-6-3-4-7-16(15)27-12-18(24)22-21-17(23)8-5-10-20-19(25)14-9-11-28-13-14/h3-4,6-7,9,11,13H,2,5,8,10,12H2,1H3,(H,20,25)(H,21,23)(H,22,24). The van der Waals surface area contributed by atoms with Crippen molar-refractivity contribution >= 4 is 29.1 Å². The molecule has 3 N–H and O–H groups in total. The monoisotopic (exact) mass is 405 g/mol. The van der Waals surface area contributed by atoms with Crippen molar-refractivity contribution in [2.75, 3.05) is 19.8 Å². The van der Waals surface area contributed by atoms with Crippen molar-refractivity contribution in [1.82, 2.24) is 16.2 Å². The number of hydrazine groups is 1. The van der Waals surface area contributed by atoms with Gasteiger partial charge >= 0.3 is 0 Å². The van der Waals surface area contributed by atoms with E-state index >= 15 is 0 Å². The molecule has 0 bridgehead atoms. The topological polar surface area (TPSA) is 106 Å². The molecule has 2 aromatic rings. The lowest BCUT2D eigenvalue weighted by atomic mass is 10.3. The number of para-hydroxylation sites is 2. The maximum absolute atomic E-state index is 11.8. The molecule has 1 aromatic heterocycles. The molecule has 0 spiro atoms. The molecule has 0 aliphatic heterocycles. The second-order valence-electron chi connectivity index (χ2n) is 5.64. The Hall–Kier alpha value is -3.07. The molecule has 3 amide bonds. The van der Waals surface area contributed by atoms with E-state index in [-0.39, 0.29) is 24.8 Å². The first-order chi connectivity index (χ1) is 13.6. The van der Waals surface area contributed by atoms with Crippen LogP contribution >= 0.6 is 11.3 Å². The van der Waals surface area contributed by atoms with E-state index in [1.54, 1.807) is 35.7 Å². The molecule has 0 saturated carbocycles. The van der Waals surface area contributed by atoms with Gasteiger partial charge in [0.15, 0.2) is 18.1 Å². The average Bonchev–Trinajstić information content (AvgIpc) is 3.24. The summed E-state index contributed by atoms with van der Waals surface area (Å²) >= 11 is 1.44. The highest BCUT2D eigenvalue weighted by molar-refractivity contribution is 7.08. The van der Waals surface area contributed by atoms with Crippen LogP contribution in [0.3, 0.4) is 0 Å². The Kier molecular flexibility index (Phi) is 8.80. The molecule has 0 unspecified atom stereocenters. The second kappa shape index (κ2) is 11.6. The molecule has 1 heterocycles. The molecule has 0 atom stereocenters. The minimum Gasteiger partial charge on any atom is -0.490 e. The van der Waals surface area contributed by atoms with Gasteiger partial charge in [-0.1, -0.05) is 12.1 Å². The highest BCUT2D eigenvalue weighted by Crippen LogP contribution is 2.26. The van der Waals surface area contributed by atoms with Gasteiger partial charge in [0.1, 0.15) is 0 Å². The number of ether oxygens (including phenoxy) is 2. The minimum absolute atomic E-state index is 0.165. The van der Waals surface area contributed by atoms with Crippen LogP contribution in [0.5, 0.6) is 11.5 Å². The van der Waals surface area contributed by atoms with Crippen LogP contribution in [0, 0.1) is 0 Å². The predicted molar refractivity (Wildman–Crippen MR) is 105 cm³/mol. The van der Waals surface area contributed by atoms with E-state index in [9.17, 15) is 14.4 Å². The number of carbonyl (C=O) groups excluding carboxylic acids is 3. The van der Waals surface area contributed by atoms with Crippen LogP contribution in [0.2, 0.25) is 0 Å². The van der Waals surface area contributed by atoms with Crippen molar-refractivity contribution in [2.24, 2.45) is 0 Å². The van der Waals surface area contributed by atoms with Gasteiger partial charge in [0.05, 0.1) is 6.61 Å². The third kappa shape index (κ3) is 7.28. The second-order valence-corrected chi connectivity index (χ2v) is 6.42. The summed E-state index contributed by atoms with van der Waals surface area (Å²) < 4.78 is 10.8. The highest BCUT2D eigenvalue weighted by atomic mass is 32.1. The summed E-state index contributed by atoms with van der Waals surface area (Å²) in [5, 5.41) is 6.31. The van der Waals surface area contributed by atoms with Crippen LogP contribution in [-0.4, -0.2) is 37.5 Å². The molecule has 150 valence electrons. The molecule has 2 rings (SSSR count). The number of hydrogen-bond donors (Lipinski definition) is 3. The Morgan fingerprint density at radius 1 is 1.00 bits per heavy atom. The van der Waals surface area contributed by atoms with E-state index in [4.69, 9.17) is 9.47 Å². The number of carbonyl (C=O) groups is 3. The van der Waals surface area contributed by atoms with Crippen molar-refractivity contribution in [3.63, 3.8) is 0 Å². The smallest absolute Gasteiger partial charge is 0.276 e. The van der Waals surface area contributed by atoms with Gasteiger partial charge in [-0.05, 0) is 36.9 Å². The molecule has 1 aromatic carbocycles. The molecule has 0 saturated heterocycles. The van der Waals surface area contributed by atoms with Gasteiger partial charge < -0.3 is 14.8 Å². The van der Waals surface area contributed by atoms with Gasteiger partial charge in [0, 0.05) is 23.9 Å². The lowest BCUT2D eigenvalue weighted by Gasteiger charge is -2.12. The van der Waals surface area contributed by atoms with Crippen LogP contribution in [-0.2, 0) is 9.59 Å². The summed E-state index contributed by atoms with van der Waals surface area (Å²) in [5.41, 5.74) is 5.20. The van der Waals surface area contributed by atoms with E-state index in [2.05, 4.69) is 16.2 Å². The largest absolute Gasteiger partial charge is 0.490 e. The molecular formula is C19H23N3O5S. The highest BCUT2D eigenvalue weighted by Gasteiger charge is 2.09. The molecule has 9 heteroatoms. The van der Waals surface area contributed by atoms with E-state index in [0.29, 0.717) is 36.6 Å². The number of benzene rings is 1. The zero-order valence-electron chi connectivity index (χ0n) is 15.5. The first-order valence-electron chi connectivity index (χ1n) is 8.83. The summed E-state index contributed by atoms with van der Waals surface area (Å²) in [4.78, 5) is 35.3. The van der Waals surface area contributed by atoms with Gasteiger partial charge in [0.2, 0.25) is 5.91 Å². The van der Waals surface area contributed by atoms with Gasteiger partial charge in [-0.15, -0.1) is 0 Å². The fourth-order valence-electron chi connectivity index (χ4n) is 2.17. The minimum atomic E-state index is -0.495. The first kappa shape index (κ1) is 21.2. The summed E-state index contributed by atoms with van der Waals surface area (Å²) in [6, 6.07) is 8.75. The fourth-order valence-corrected chi connectivity index (χ4v) is 2.81. The van der Waals surface area contributed by atoms with E-state index < -0.39 is 5.91 Å². The van der Waals surface area contributed by atoms with Crippen LogP contribution in [0.25, 0.3) is 0 Å². The van der Waals surface area contributed by atoms with Crippen LogP contribution in [0.15, 0.2) is 41.1 Å². The van der Waals surface area contributed by atoms with Crippen molar-refractivity contribution in [3.05, 3.63) is 46.7 Å². The molecule has 28 heavy (non-hydrogen) atoms. The summed E-state index contributed by atoms with van der Waals surface area (Å²) in [6.45, 7) is 2.44. The van der Waals surface area contributed by atoms with Crippen LogP contribution < -0.4 is 25.6 Å². The maximum Gasteiger partial charge on any atom is 0.276 e. The average molecular weight is 405 g/mol. The maximum atomic E-state index is 11.8. The van der Waals surface area contributed by atoms with Crippen molar-refractivity contribution in [1.29, 1.82) is 0 Å². The summed E-state index contributed by atoms with van der Waals surface area (Å²) in [7, 11) is 0. The fraction of sp³-hybridized carbons (Fsp3) is 0.316. The molecule has 8 nitrogen and oxygen atoms in total. The zero-order chi connectivity index (χ0) is 20.2. The number of rotatable bonds is 10. The van der Waals surface area contributed by atoms with Crippen LogP contribution in [0.4, 0.5) is 0 Å². The lowest BCUT2D eigenvalue weighted by Crippen LogP contribution is -2.44. The predicted octanol–water partition coefficient (Wildman–Crippen LogP) is 1.88. The molecule has 0 radical (unpaired) electrons. The Balaban J connectivity index is 1.59. The number of thiophene rings is 1. The normalized spacial score (nSPS) is 10.0. The van der Waals surface area contributed by atoms with Gasteiger partial charge in [-0.3, -0.25) is 25.2 Å². The lowest BCUT2D eigenvalue weighted by molar-refractivity contribution is -0.130. The van der Waals surface area contributed by atoms with Crippen molar-refractivity contribution in [2.45, 2.75) is 19.8 Å². The molecular weight excluding hydrogens is 382 g/mol. The SMILES string of the molecule is CCOc1ccccc1OCC(=O)NNC(=O)CCCNC(=O)c1ccsc1. The van der Waals surface area contributed by atoms with E-state index in [0.717, 1.165) is 0 Å². The van der Waals surface area contributed by atoms with Crippen LogP contribution in [0.1, 0.15) is 30.1 Å². The molecule has 0 aliphatic rings. The van der Waals surface area contributed by atoms with Gasteiger partial charge in [-0.25, -0.2) is 0 Å². The Morgan fingerprint density at radius 2 is 1.71 bits per heavy atom. The van der Waals surface area contributed by atoms with Gasteiger partial charge in [-0.2, -0.15) is 11.3 Å². The van der Waals surface area contributed by atoms with E-state index in [1.165, 1.54) is 11.3 Å². The third-order valence-corrected chi connectivity index (χ3v) is 4.18. The third-order valence-electron chi connectivity index (χ3n) is 3.50. The van der Waals surface area contributed by atoms with Gasteiger partial charge in [0.25, 0.3) is 11.8 Å². The van der Waals surface area contributed by atoms with Crippen molar-refractivity contribution < 1.29 is 23.9 Å². The Labute approximate surface area is 167 Å².